The summed E-state index contributed by atoms with van der Waals surface area (Å²) in [5.74, 6) is -0.184. The molecule has 0 fully saturated rings. The molecule has 0 radical (unpaired) electrons. The van der Waals surface area contributed by atoms with Crippen LogP contribution in [-0.2, 0) is 6.42 Å². The summed E-state index contributed by atoms with van der Waals surface area (Å²) in [6.45, 7) is 0. The molecule has 80 valence electrons. The van der Waals surface area contributed by atoms with Crippen LogP contribution in [0.2, 0.25) is 0 Å². The number of halogens is 1. The van der Waals surface area contributed by atoms with E-state index in [0.717, 1.165) is 12.0 Å². The van der Waals surface area contributed by atoms with Gasteiger partial charge >= 0.3 is 0 Å². The van der Waals surface area contributed by atoms with Crippen LogP contribution in [0.25, 0.3) is 6.08 Å². The predicted octanol–water partition coefficient (Wildman–Crippen LogP) is 4.08. The molecule has 0 heterocycles. The van der Waals surface area contributed by atoms with Crippen LogP contribution in [0.15, 0.2) is 60.7 Å². The molecular formula is C15H13F. The number of hydrogen-bond donors (Lipinski definition) is 0. The van der Waals surface area contributed by atoms with Gasteiger partial charge in [0, 0.05) is 0 Å². The van der Waals surface area contributed by atoms with E-state index >= 15 is 0 Å². The molecule has 2 aromatic rings. The Balaban J connectivity index is 1.97. The van der Waals surface area contributed by atoms with Gasteiger partial charge in [-0.2, -0.15) is 0 Å². The molecule has 0 saturated carbocycles. The van der Waals surface area contributed by atoms with E-state index in [2.05, 4.69) is 24.3 Å². The van der Waals surface area contributed by atoms with Crippen LogP contribution in [0.5, 0.6) is 0 Å². The maximum atomic E-state index is 12.7. The summed E-state index contributed by atoms with van der Waals surface area (Å²) in [5, 5.41) is 0. The Labute approximate surface area is 95.1 Å². The van der Waals surface area contributed by atoms with Gasteiger partial charge in [-0.25, -0.2) is 4.39 Å². The Morgan fingerprint density at radius 2 is 1.56 bits per heavy atom. The summed E-state index contributed by atoms with van der Waals surface area (Å²) in [5.41, 5.74) is 2.30. The first-order valence-corrected chi connectivity index (χ1v) is 5.30. The van der Waals surface area contributed by atoms with Crippen molar-refractivity contribution in [2.24, 2.45) is 0 Å². The van der Waals surface area contributed by atoms with Crippen LogP contribution in [0.4, 0.5) is 4.39 Å². The smallest absolute Gasteiger partial charge is 0.123 e. The van der Waals surface area contributed by atoms with Crippen LogP contribution in [0.1, 0.15) is 11.1 Å². The lowest BCUT2D eigenvalue weighted by Gasteiger charge is -1.96. The summed E-state index contributed by atoms with van der Waals surface area (Å²) < 4.78 is 12.7. The highest BCUT2D eigenvalue weighted by Crippen LogP contribution is 2.06. The Morgan fingerprint density at radius 3 is 2.25 bits per heavy atom. The summed E-state index contributed by atoms with van der Waals surface area (Å²) in [7, 11) is 0. The summed E-state index contributed by atoms with van der Waals surface area (Å²) in [6.07, 6.45) is 4.99. The van der Waals surface area contributed by atoms with Crippen molar-refractivity contribution >= 4 is 6.08 Å². The van der Waals surface area contributed by atoms with Crippen molar-refractivity contribution in [3.8, 4) is 0 Å². The van der Waals surface area contributed by atoms with Gasteiger partial charge in [-0.15, -0.1) is 0 Å². The van der Waals surface area contributed by atoms with E-state index in [1.807, 2.05) is 30.3 Å². The molecule has 0 unspecified atom stereocenters. The van der Waals surface area contributed by atoms with Crippen LogP contribution in [-0.4, -0.2) is 0 Å². The number of benzene rings is 2. The van der Waals surface area contributed by atoms with Crippen LogP contribution in [0.3, 0.4) is 0 Å². The quantitative estimate of drug-likeness (QED) is 0.719. The fourth-order valence-corrected chi connectivity index (χ4v) is 1.52. The van der Waals surface area contributed by atoms with Crippen molar-refractivity contribution < 1.29 is 4.39 Å². The van der Waals surface area contributed by atoms with Crippen molar-refractivity contribution in [2.75, 3.05) is 0 Å². The molecule has 2 rings (SSSR count). The second kappa shape index (κ2) is 5.26. The Hall–Kier alpha value is -1.89. The first kappa shape index (κ1) is 10.6. The average molecular weight is 212 g/mol. The molecule has 0 aromatic heterocycles. The Morgan fingerprint density at radius 1 is 0.875 bits per heavy atom. The number of allylic oxidation sites excluding steroid dienone is 1. The number of hydrogen-bond acceptors (Lipinski definition) is 0. The third kappa shape index (κ3) is 3.06. The van der Waals surface area contributed by atoms with Gasteiger partial charge in [0.25, 0.3) is 0 Å². The van der Waals surface area contributed by atoms with E-state index in [0.29, 0.717) is 0 Å². The van der Waals surface area contributed by atoms with Crippen molar-refractivity contribution in [2.45, 2.75) is 6.42 Å². The van der Waals surface area contributed by atoms with Gasteiger partial charge in [0.15, 0.2) is 0 Å². The Kier molecular flexibility index (Phi) is 3.50. The first-order valence-electron chi connectivity index (χ1n) is 5.30. The molecule has 0 bridgehead atoms. The molecular weight excluding hydrogens is 199 g/mol. The second-order valence-electron chi connectivity index (χ2n) is 3.64. The van der Waals surface area contributed by atoms with Crippen LogP contribution >= 0.6 is 0 Å². The van der Waals surface area contributed by atoms with Gasteiger partial charge in [-0.3, -0.25) is 0 Å². The molecule has 0 aliphatic carbocycles. The lowest BCUT2D eigenvalue weighted by Crippen LogP contribution is -1.81. The van der Waals surface area contributed by atoms with Gasteiger partial charge in [0.2, 0.25) is 0 Å². The second-order valence-corrected chi connectivity index (χ2v) is 3.64. The fraction of sp³-hybridized carbons (Fsp3) is 0.0667. The highest BCUT2D eigenvalue weighted by Gasteiger charge is 1.90. The zero-order chi connectivity index (χ0) is 11.2. The predicted molar refractivity (Wildman–Crippen MR) is 65.6 cm³/mol. The van der Waals surface area contributed by atoms with Crippen molar-refractivity contribution in [1.29, 1.82) is 0 Å². The number of rotatable bonds is 3. The summed E-state index contributed by atoms with van der Waals surface area (Å²) in [6, 6.07) is 16.7. The molecule has 0 N–H and O–H groups in total. The minimum absolute atomic E-state index is 0.184. The molecule has 0 spiro atoms. The van der Waals surface area contributed by atoms with E-state index < -0.39 is 0 Å². The van der Waals surface area contributed by atoms with E-state index in [-0.39, 0.29) is 5.82 Å². The first-order chi connectivity index (χ1) is 7.84. The fourth-order valence-electron chi connectivity index (χ4n) is 1.52. The molecule has 0 aliphatic rings. The monoisotopic (exact) mass is 212 g/mol. The lowest BCUT2D eigenvalue weighted by atomic mass is 10.1. The largest absolute Gasteiger partial charge is 0.207 e. The zero-order valence-corrected chi connectivity index (χ0v) is 8.94. The van der Waals surface area contributed by atoms with Crippen molar-refractivity contribution in [3.05, 3.63) is 77.6 Å². The SMILES string of the molecule is Fc1ccc(C/C=C/c2ccccc2)cc1. The molecule has 0 atom stereocenters. The summed E-state index contributed by atoms with van der Waals surface area (Å²) >= 11 is 0. The molecule has 1 heteroatoms. The zero-order valence-electron chi connectivity index (χ0n) is 8.94. The topological polar surface area (TPSA) is 0 Å². The molecule has 0 aliphatic heterocycles. The third-order valence-corrected chi connectivity index (χ3v) is 2.38. The maximum Gasteiger partial charge on any atom is 0.123 e. The Bertz CT molecular complexity index is 455. The van der Waals surface area contributed by atoms with E-state index in [9.17, 15) is 4.39 Å². The van der Waals surface area contributed by atoms with E-state index in [1.165, 1.54) is 17.7 Å². The van der Waals surface area contributed by atoms with Gasteiger partial charge < -0.3 is 0 Å². The van der Waals surface area contributed by atoms with Gasteiger partial charge in [0.05, 0.1) is 0 Å². The van der Waals surface area contributed by atoms with Crippen molar-refractivity contribution in [3.63, 3.8) is 0 Å². The van der Waals surface area contributed by atoms with Crippen LogP contribution < -0.4 is 0 Å². The van der Waals surface area contributed by atoms with Gasteiger partial charge in [-0.1, -0.05) is 54.6 Å². The average Bonchev–Trinajstić information content (AvgIpc) is 2.33. The minimum atomic E-state index is -0.184. The van der Waals surface area contributed by atoms with E-state index in [4.69, 9.17) is 0 Å². The molecule has 0 amide bonds. The van der Waals surface area contributed by atoms with Gasteiger partial charge in [-0.05, 0) is 29.7 Å². The molecule has 2 aromatic carbocycles. The normalized spacial score (nSPS) is 10.8. The summed E-state index contributed by atoms with van der Waals surface area (Å²) in [4.78, 5) is 0. The maximum absolute atomic E-state index is 12.7. The molecule has 0 nitrogen and oxygen atoms in total. The van der Waals surface area contributed by atoms with Crippen LogP contribution in [0, 0.1) is 5.82 Å². The third-order valence-electron chi connectivity index (χ3n) is 2.38. The van der Waals surface area contributed by atoms with Crippen molar-refractivity contribution in [1.82, 2.24) is 0 Å². The lowest BCUT2D eigenvalue weighted by molar-refractivity contribution is 0.627. The standard InChI is InChI=1S/C15H13F/c16-15-11-9-14(10-12-15)8-4-7-13-5-2-1-3-6-13/h1-7,9-12H,8H2/b7-4+. The highest BCUT2D eigenvalue weighted by molar-refractivity contribution is 5.49. The molecule has 0 saturated heterocycles. The molecule has 16 heavy (non-hydrogen) atoms. The van der Waals surface area contributed by atoms with Gasteiger partial charge in [0.1, 0.15) is 5.82 Å². The highest BCUT2D eigenvalue weighted by atomic mass is 19.1. The van der Waals surface area contributed by atoms with E-state index in [1.54, 1.807) is 0 Å². The minimum Gasteiger partial charge on any atom is -0.207 e.